The summed E-state index contributed by atoms with van der Waals surface area (Å²) in [4.78, 5) is 15.0. The number of hydrogen-bond acceptors (Lipinski definition) is 6. The molecule has 0 aliphatic carbocycles. The molecule has 0 N–H and O–H groups in total. The molecule has 142 valence electrons. The molecule has 3 rings (SSSR count). The third-order valence-electron chi connectivity index (χ3n) is 3.91. The first-order valence-electron chi connectivity index (χ1n) is 8.68. The number of benzene rings is 2. The normalized spacial score (nSPS) is 15.0. The van der Waals surface area contributed by atoms with E-state index in [1.54, 1.807) is 23.1 Å². The SMILES string of the molecule is CCOc1cc(C=C2SC(=S)N(Cc3ccccc3)C2=O)ccc1OCC#N. The minimum atomic E-state index is -0.110. The summed E-state index contributed by atoms with van der Waals surface area (Å²) in [5.41, 5.74) is 1.82. The van der Waals surface area contributed by atoms with Crippen LogP contribution in [0.3, 0.4) is 0 Å². The van der Waals surface area contributed by atoms with E-state index in [9.17, 15) is 4.79 Å². The molecular weight excluding hydrogens is 392 g/mol. The molecule has 1 saturated heterocycles. The Balaban J connectivity index is 1.81. The zero-order chi connectivity index (χ0) is 19.9. The average molecular weight is 411 g/mol. The van der Waals surface area contributed by atoms with Crippen molar-refractivity contribution in [1.82, 2.24) is 4.90 Å². The Hall–Kier alpha value is -2.82. The van der Waals surface area contributed by atoms with Gasteiger partial charge in [-0.15, -0.1) is 0 Å². The molecule has 1 amide bonds. The van der Waals surface area contributed by atoms with Crippen molar-refractivity contribution in [3.05, 3.63) is 64.6 Å². The highest BCUT2D eigenvalue weighted by Crippen LogP contribution is 2.35. The molecule has 0 aromatic heterocycles. The van der Waals surface area contributed by atoms with Gasteiger partial charge >= 0.3 is 0 Å². The van der Waals surface area contributed by atoms with Crippen LogP contribution in [-0.2, 0) is 11.3 Å². The van der Waals surface area contributed by atoms with E-state index in [1.165, 1.54) is 11.8 Å². The molecule has 7 heteroatoms. The Morgan fingerprint density at radius 2 is 1.96 bits per heavy atom. The molecule has 1 aliphatic heterocycles. The van der Waals surface area contributed by atoms with E-state index >= 15 is 0 Å². The van der Waals surface area contributed by atoms with Gasteiger partial charge in [0.1, 0.15) is 10.4 Å². The molecule has 2 aromatic carbocycles. The summed E-state index contributed by atoms with van der Waals surface area (Å²) < 4.78 is 11.5. The zero-order valence-corrected chi connectivity index (χ0v) is 16.9. The Kier molecular flexibility index (Phi) is 6.69. The van der Waals surface area contributed by atoms with Gasteiger partial charge in [0.2, 0.25) is 0 Å². The van der Waals surface area contributed by atoms with Crippen molar-refractivity contribution in [1.29, 1.82) is 5.26 Å². The van der Waals surface area contributed by atoms with Crippen LogP contribution in [0.4, 0.5) is 0 Å². The van der Waals surface area contributed by atoms with Crippen LogP contribution in [0.25, 0.3) is 6.08 Å². The smallest absolute Gasteiger partial charge is 0.266 e. The summed E-state index contributed by atoms with van der Waals surface area (Å²) in [5, 5.41) is 8.69. The largest absolute Gasteiger partial charge is 0.490 e. The molecule has 0 spiro atoms. The molecule has 0 unspecified atom stereocenters. The van der Waals surface area contributed by atoms with Crippen molar-refractivity contribution in [2.45, 2.75) is 13.5 Å². The van der Waals surface area contributed by atoms with Crippen LogP contribution in [0, 0.1) is 11.3 Å². The summed E-state index contributed by atoms with van der Waals surface area (Å²) in [5.74, 6) is 0.921. The molecule has 0 atom stereocenters. The molecule has 1 heterocycles. The van der Waals surface area contributed by atoms with Crippen LogP contribution in [-0.4, -0.2) is 28.3 Å². The number of nitrogens with zero attached hydrogens (tertiary/aromatic N) is 2. The van der Waals surface area contributed by atoms with Gasteiger partial charge in [-0.05, 0) is 36.3 Å². The molecule has 28 heavy (non-hydrogen) atoms. The first kappa shape index (κ1) is 19.9. The number of ether oxygens (including phenoxy) is 2. The number of amides is 1. The zero-order valence-electron chi connectivity index (χ0n) is 15.3. The van der Waals surface area contributed by atoms with Crippen molar-refractivity contribution in [3.63, 3.8) is 0 Å². The number of hydrogen-bond donors (Lipinski definition) is 0. The minimum Gasteiger partial charge on any atom is -0.490 e. The highest BCUT2D eigenvalue weighted by atomic mass is 32.2. The monoisotopic (exact) mass is 410 g/mol. The van der Waals surface area contributed by atoms with Gasteiger partial charge in [0.25, 0.3) is 5.91 Å². The highest BCUT2D eigenvalue weighted by Gasteiger charge is 2.32. The molecule has 0 bridgehead atoms. The van der Waals surface area contributed by atoms with Gasteiger partial charge in [-0.3, -0.25) is 9.69 Å². The first-order valence-corrected chi connectivity index (χ1v) is 9.90. The molecular formula is C21H18N2O3S2. The van der Waals surface area contributed by atoms with Gasteiger partial charge in [-0.1, -0.05) is 60.4 Å². The van der Waals surface area contributed by atoms with Crippen molar-refractivity contribution >= 4 is 40.3 Å². The maximum atomic E-state index is 12.8. The number of thioether (sulfide) groups is 1. The predicted molar refractivity (Wildman–Crippen MR) is 114 cm³/mol. The predicted octanol–water partition coefficient (Wildman–Crippen LogP) is 4.39. The second-order valence-corrected chi connectivity index (χ2v) is 7.52. The van der Waals surface area contributed by atoms with Gasteiger partial charge in [0.05, 0.1) is 18.1 Å². The molecule has 1 aliphatic rings. The van der Waals surface area contributed by atoms with E-state index in [0.29, 0.717) is 33.9 Å². The lowest BCUT2D eigenvalue weighted by molar-refractivity contribution is -0.122. The third kappa shape index (κ3) is 4.71. The second kappa shape index (κ2) is 9.40. The maximum Gasteiger partial charge on any atom is 0.266 e. The van der Waals surface area contributed by atoms with Crippen molar-refractivity contribution in [2.24, 2.45) is 0 Å². The van der Waals surface area contributed by atoms with Gasteiger partial charge in [-0.25, -0.2) is 0 Å². The first-order chi connectivity index (χ1) is 13.6. The van der Waals surface area contributed by atoms with E-state index in [0.717, 1.165) is 11.1 Å². The van der Waals surface area contributed by atoms with Crippen LogP contribution in [0.1, 0.15) is 18.1 Å². The van der Waals surface area contributed by atoms with Gasteiger partial charge in [-0.2, -0.15) is 5.26 Å². The van der Waals surface area contributed by atoms with Gasteiger partial charge in [0.15, 0.2) is 18.1 Å². The van der Waals surface area contributed by atoms with Crippen molar-refractivity contribution < 1.29 is 14.3 Å². The molecule has 5 nitrogen and oxygen atoms in total. The number of rotatable bonds is 7. The van der Waals surface area contributed by atoms with E-state index in [2.05, 4.69) is 0 Å². The van der Waals surface area contributed by atoms with E-state index < -0.39 is 0 Å². The lowest BCUT2D eigenvalue weighted by Gasteiger charge is -2.14. The fourth-order valence-electron chi connectivity index (χ4n) is 2.67. The maximum absolute atomic E-state index is 12.8. The van der Waals surface area contributed by atoms with Gasteiger partial charge < -0.3 is 9.47 Å². The number of carbonyl (C=O) groups excluding carboxylic acids is 1. The molecule has 1 fully saturated rings. The molecule has 0 saturated carbocycles. The third-order valence-corrected chi connectivity index (χ3v) is 5.29. The lowest BCUT2D eigenvalue weighted by Crippen LogP contribution is -2.27. The van der Waals surface area contributed by atoms with Crippen LogP contribution >= 0.6 is 24.0 Å². The van der Waals surface area contributed by atoms with E-state index in [1.807, 2.05) is 49.4 Å². The quantitative estimate of drug-likeness (QED) is 0.498. The summed E-state index contributed by atoms with van der Waals surface area (Å²) in [7, 11) is 0. The van der Waals surface area contributed by atoms with E-state index in [-0.39, 0.29) is 12.5 Å². The van der Waals surface area contributed by atoms with Crippen LogP contribution < -0.4 is 9.47 Å². The summed E-state index contributed by atoms with van der Waals surface area (Å²) in [6.07, 6.45) is 1.79. The van der Waals surface area contributed by atoms with Crippen LogP contribution in [0.15, 0.2) is 53.4 Å². The molecule has 2 aromatic rings. The van der Waals surface area contributed by atoms with Crippen molar-refractivity contribution in [2.75, 3.05) is 13.2 Å². The van der Waals surface area contributed by atoms with Gasteiger partial charge in [0, 0.05) is 0 Å². The Bertz CT molecular complexity index is 952. The fourth-order valence-corrected chi connectivity index (χ4v) is 3.92. The Morgan fingerprint density at radius 1 is 1.18 bits per heavy atom. The molecule has 0 radical (unpaired) electrons. The Labute approximate surface area is 173 Å². The number of nitriles is 1. The lowest BCUT2D eigenvalue weighted by atomic mass is 10.1. The highest BCUT2D eigenvalue weighted by molar-refractivity contribution is 8.26. The fraction of sp³-hybridized carbons (Fsp3) is 0.190. The topological polar surface area (TPSA) is 62.6 Å². The second-order valence-electron chi connectivity index (χ2n) is 5.84. The van der Waals surface area contributed by atoms with Crippen LogP contribution in [0.5, 0.6) is 11.5 Å². The summed E-state index contributed by atoms with van der Waals surface area (Å²) in [6.45, 7) is 2.73. The van der Waals surface area contributed by atoms with E-state index in [4.69, 9.17) is 27.0 Å². The summed E-state index contributed by atoms with van der Waals surface area (Å²) >= 11 is 6.68. The van der Waals surface area contributed by atoms with Crippen molar-refractivity contribution in [3.8, 4) is 17.6 Å². The Morgan fingerprint density at radius 3 is 2.68 bits per heavy atom. The number of carbonyl (C=O) groups is 1. The minimum absolute atomic E-state index is 0.0580. The standard InChI is InChI=1S/C21H18N2O3S2/c1-2-25-18-12-16(8-9-17(18)26-11-10-22)13-19-20(24)23(21(27)28-19)14-15-6-4-3-5-7-15/h3-9,12-13H,2,11,14H2,1H3. The summed E-state index contributed by atoms with van der Waals surface area (Å²) in [6, 6.07) is 17.0. The number of thiocarbonyl (C=S) groups is 1. The average Bonchev–Trinajstić information content (AvgIpc) is 2.96. The van der Waals surface area contributed by atoms with Crippen LogP contribution in [0.2, 0.25) is 0 Å².